The normalized spacial score (nSPS) is 12.1. The van der Waals surface area contributed by atoms with Crippen molar-refractivity contribution in [2.24, 2.45) is 0 Å². The lowest BCUT2D eigenvalue weighted by Crippen LogP contribution is -2.53. The van der Waals surface area contributed by atoms with Gasteiger partial charge in [-0.05, 0) is 82.5 Å². The lowest BCUT2D eigenvalue weighted by atomic mass is 10.1. The molecule has 0 radical (unpaired) electrons. The van der Waals surface area contributed by atoms with Gasteiger partial charge in [0.05, 0.1) is 7.11 Å². The number of rotatable bonds is 8. The summed E-state index contributed by atoms with van der Waals surface area (Å²) in [5.41, 5.74) is 2.72. The maximum absolute atomic E-state index is 13.1. The maximum atomic E-state index is 13.1. The SMILES string of the molecule is COc1cccc(CN(C(=O)COc2ccc(C)c(C)c2)[C@@H](C)C(=O)NC(C)(C)C)c1. The monoisotopic (exact) mass is 426 g/mol. The summed E-state index contributed by atoms with van der Waals surface area (Å²) in [5.74, 6) is 0.847. The van der Waals surface area contributed by atoms with E-state index in [-0.39, 0.29) is 25.0 Å². The van der Waals surface area contributed by atoms with Gasteiger partial charge in [0.2, 0.25) is 5.91 Å². The summed E-state index contributed by atoms with van der Waals surface area (Å²) in [7, 11) is 1.60. The standard InChI is InChI=1S/C25H34N2O4/c1-17-11-12-22(13-18(17)2)31-16-23(28)27(19(3)24(29)26-25(4,5)6)15-20-9-8-10-21(14-20)30-7/h8-14,19H,15-16H2,1-7H3,(H,26,29)/t19-/m0/s1. The van der Waals surface area contributed by atoms with Gasteiger partial charge in [0.15, 0.2) is 6.61 Å². The Morgan fingerprint density at radius 2 is 1.74 bits per heavy atom. The van der Waals surface area contributed by atoms with Crippen molar-refractivity contribution in [2.75, 3.05) is 13.7 Å². The van der Waals surface area contributed by atoms with Crippen LogP contribution in [0.15, 0.2) is 42.5 Å². The summed E-state index contributed by atoms with van der Waals surface area (Å²) in [4.78, 5) is 27.5. The first-order valence-corrected chi connectivity index (χ1v) is 10.4. The summed E-state index contributed by atoms with van der Waals surface area (Å²) < 4.78 is 11.0. The largest absolute Gasteiger partial charge is 0.497 e. The van der Waals surface area contributed by atoms with Crippen molar-refractivity contribution in [2.45, 2.75) is 59.7 Å². The van der Waals surface area contributed by atoms with Crippen LogP contribution in [0.5, 0.6) is 11.5 Å². The molecule has 31 heavy (non-hydrogen) atoms. The van der Waals surface area contributed by atoms with Crippen molar-refractivity contribution < 1.29 is 19.1 Å². The van der Waals surface area contributed by atoms with Gasteiger partial charge >= 0.3 is 0 Å². The Labute approximate surface area is 185 Å². The Kier molecular flexibility index (Phi) is 8.08. The molecule has 0 heterocycles. The molecule has 0 saturated carbocycles. The number of methoxy groups -OCH3 is 1. The second-order valence-electron chi connectivity index (χ2n) is 8.82. The molecule has 2 aromatic rings. The molecule has 0 aliphatic heterocycles. The Morgan fingerprint density at radius 3 is 2.35 bits per heavy atom. The highest BCUT2D eigenvalue weighted by Crippen LogP contribution is 2.19. The lowest BCUT2D eigenvalue weighted by molar-refractivity contribution is -0.142. The minimum Gasteiger partial charge on any atom is -0.497 e. The molecule has 0 saturated heterocycles. The van der Waals surface area contributed by atoms with Crippen molar-refractivity contribution >= 4 is 11.8 Å². The third-order valence-electron chi connectivity index (χ3n) is 4.99. The molecule has 2 aromatic carbocycles. The molecule has 0 aromatic heterocycles. The van der Waals surface area contributed by atoms with E-state index in [0.29, 0.717) is 11.5 Å². The molecular weight excluding hydrogens is 392 g/mol. The van der Waals surface area contributed by atoms with E-state index in [1.165, 1.54) is 4.90 Å². The van der Waals surface area contributed by atoms with Crippen molar-refractivity contribution in [3.63, 3.8) is 0 Å². The van der Waals surface area contributed by atoms with Crippen LogP contribution in [0.3, 0.4) is 0 Å². The molecule has 168 valence electrons. The van der Waals surface area contributed by atoms with Gasteiger partial charge in [-0.15, -0.1) is 0 Å². The van der Waals surface area contributed by atoms with E-state index in [1.807, 2.05) is 77.1 Å². The first kappa shape index (κ1) is 24.3. The highest BCUT2D eigenvalue weighted by atomic mass is 16.5. The third-order valence-corrected chi connectivity index (χ3v) is 4.99. The van der Waals surface area contributed by atoms with E-state index in [9.17, 15) is 9.59 Å². The number of nitrogens with zero attached hydrogens (tertiary/aromatic N) is 1. The summed E-state index contributed by atoms with van der Waals surface area (Å²) in [6, 6.07) is 12.5. The van der Waals surface area contributed by atoms with Gasteiger partial charge < -0.3 is 19.7 Å². The van der Waals surface area contributed by atoms with Crippen LogP contribution in [0.25, 0.3) is 0 Å². The van der Waals surface area contributed by atoms with E-state index in [2.05, 4.69) is 5.32 Å². The van der Waals surface area contributed by atoms with Crippen molar-refractivity contribution in [1.82, 2.24) is 10.2 Å². The Hall–Kier alpha value is -3.02. The predicted molar refractivity (Wildman–Crippen MR) is 122 cm³/mol. The average molecular weight is 427 g/mol. The number of carbonyl (C=O) groups excluding carboxylic acids is 2. The molecule has 0 aliphatic rings. The van der Waals surface area contributed by atoms with Crippen LogP contribution in [-0.4, -0.2) is 42.0 Å². The van der Waals surface area contributed by atoms with Gasteiger partial charge in [0, 0.05) is 12.1 Å². The molecule has 0 bridgehead atoms. The molecule has 6 nitrogen and oxygen atoms in total. The molecule has 1 atom stereocenters. The summed E-state index contributed by atoms with van der Waals surface area (Å²) in [6.45, 7) is 11.6. The van der Waals surface area contributed by atoms with Crippen LogP contribution in [0.2, 0.25) is 0 Å². The Bertz CT molecular complexity index is 918. The smallest absolute Gasteiger partial charge is 0.261 e. The molecule has 0 aliphatic carbocycles. The molecule has 2 rings (SSSR count). The zero-order chi connectivity index (χ0) is 23.2. The number of aryl methyl sites for hydroxylation is 2. The van der Waals surface area contributed by atoms with Gasteiger partial charge in [0.25, 0.3) is 5.91 Å². The summed E-state index contributed by atoms with van der Waals surface area (Å²) in [6.07, 6.45) is 0. The third kappa shape index (κ3) is 7.31. The van der Waals surface area contributed by atoms with E-state index in [0.717, 1.165) is 16.7 Å². The van der Waals surface area contributed by atoms with Gasteiger partial charge in [-0.25, -0.2) is 0 Å². The van der Waals surface area contributed by atoms with Crippen LogP contribution >= 0.6 is 0 Å². The van der Waals surface area contributed by atoms with Crippen molar-refractivity contribution in [3.05, 3.63) is 59.2 Å². The molecule has 0 unspecified atom stereocenters. The van der Waals surface area contributed by atoms with Gasteiger partial charge in [-0.2, -0.15) is 0 Å². The van der Waals surface area contributed by atoms with Crippen LogP contribution in [0.1, 0.15) is 44.4 Å². The molecule has 2 amide bonds. The van der Waals surface area contributed by atoms with Crippen LogP contribution in [0, 0.1) is 13.8 Å². The van der Waals surface area contributed by atoms with E-state index < -0.39 is 11.6 Å². The number of benzene rings is 2. The molecule has 1 N–H and O–H groups in total. The van der Waals surface area contributed by atoms with Gasteiger partial charge in [-0.1, -0.05) is 18.2 Å². The van der Waals surface area contributed by atoms with Gasteiger partial charge in [-0.3, -0.25) is 9.59 Å². The molecule has 0 fully saturated rings. The zero-order valence-corrected chi connectivity index (χ0v) is 19.6. The van der Waals surface area contributed by atoms with E-state index >= 15 is 0 Å². The topological polar surface area (TPSA) is 67.9 Å². The quantitative estimate of drug-likeness (QED) is 0.692. The fourth-order valence-corrected chi connectivity index (χ4v) is 3.06. The summed E-state index contributed by atoms with van der Waals surface area (Å²) >= 11 is 0. The number of nitrogens with one attached hydrogen (secondary N) is 1. The minimum atomic E-state index is -0.665. The zero-order valence-electron chi connectivity index (χ0n) is 19.6. The van der Waals surface area contributed by atoms with Crippen LogP contribution in [0.4, 0.5) is 0 Å². The Balaban J connectivity index is 2.20. The molecule has 6 heteroatoms. The predicted octanol–water partition coefficient (Wildman–Crippen LogP) is 4.02. The van der Waals surface area contributed by atoms with Crippen LogP contribution in [-0.2, 0) is 16.1 Å². The maximum Gasteiger partial charge on any atom is 0.261 e. The first-order chi connectivity index (χ1) is 14.5. The summed E-state index contributed by atoms with van der Waals surface area (Å²) in [5, 5.41) is 2.95. The second-order valence-corrected chi connectivity index (χ2v) is 8.82. The second kappa shape index (κ2) is 10.3. The number of hydrogen-bond acceptors (Lipinski definition) is 4. The van der Waals surface area contributed by atoms with Crippen molar-refractivity contribution in [1.29, 1.82) is 0 Å². The number of ether oxygens (including phenoxy) is 2. The molecular formula is C25H34N2O4. The Morgan fingerprint density at radius 1 is 1.03 bits per heavy atom. The van der Waals surface area contributed by atoms with Gasteiger partial charge in [0.1, 0.15) is 17.5 Å². The fraction of sp³-hybridized carbons (Fsp3) is 0.440. The van der Waals surface area contributed by atoms with Crippen molar-refractivity contribution in [3.8, 4) is 11.5 Å². The van der Waals surface area contributed by atoms with E-state index in [1.54, 1.807) is 14.0 Å². The van der Waals surface area contributed by atoms with Crippen LogP contribution < -0.4 is 14.8 Å². The first-order valence-electron chi connectivity index (χ1n) is 10.4. The number of hydrogen-bond donors (Lipinski definition) is 1. The highest BCUT2D eigenvalue weighted by Gasteiger charge is 2.28. The minimum absolute atomic E-state index is 0.153. The highest BCUT2D eigenvalue weighted by molar-refractivity contribution is 5.88. The fourth-order valence-electron chi connectivity index (χ4n) is 3.06. The number of amides is 2. The molecule has 0 spiro atoms. The number of carbonyl (C=O) groups is 2. The van der Waals surface area contributed by atoms with E-state index in [4.69, 9.17) is 9.47 Å². The lowest BCUT2D eigenvalue weighted by Gasteiger charge is -2.31. The average Bonchev–Trinajstić information content (AvgIpc) is 2.71.